The van der Waals surface area contributed by atoms with Gasteiger partial charge in [-0.2, -0.15) is 0 Å². The van der Waals surface area contributed by atoms with Crippen LogP contribution in [0.3, 0.4) is 0 Å². The van der Waals surface area contributed by atoms with E-state index in [-0.39, 0.29) is 45.6 Å². The number of hydrogen-bond donors (Lipinski definition) is 0. The first-order valence-electron chi connectivity index (χ1n) is 21.3. The Balaban J connectivity index is 1.42. The SMILES string of the molecule is CC(C)(O[Si](C)(C)C(C)(C)C)[C@@H]1C[C@@H](O[Si](C)(C)C(C)(C)C)[C@]2(C)[C@H](CC[C@]3(C)C(=O)[C@H](Cc4cn(COCC[Si](C)(C)C)c5ccccc45)CC[C@@H]23)O1. The van der Waals surface area contributed by atoms with E-state index in [1.54, 1.807) is 0 Å². The zero-order valence-corrected chi connectivity index (χ0v) is 40.6. The van der Waals surface area contributed by atoms with Gasteiger partial charge >= 0.3 is 0 Å². The topological polar surface area (TPSA) is 58.9 Å². The molecular formula is C45H79NO5Si3. The molecule has 3 fully saturated rings. The van der Waals surface area contributed by atoms with Crippen molar-refractivity contribution in [1.82, 2.24) is 4.57 Å². The van der Waals surface area contributed by atoms with Crippen LogP contribution < -0.4 is 0 Å². The number of nitrogens with zero attached hydrogens (tertiary/aromatic N) is 1. The minimum absolute atomic E-state index is 0.00247. The number of aromatic nitrogens is 1. The first-order chi connectivity index (χ1) is 24.5. The molecular weight excluding hydrogens is 719 g/mol. The van der Waals surface area contributed by atoms with Crippen LogP contribution in [0, 0.1) is 22.7 Å². The second-order valence-corrected chi connectivity index (χ2v) is 38.0. The van der Waals surface area contributed by atoms with Gasteiger partial charge in [0, 0.05) is 49.4 Å². The Bertz CT molecular complexity index is 1640. The highest BCUT2D eigenvalue weighted by Crippen LogP contribution is 2.63. The number of ether oxygens (including phenoxy) is 2. The largest absolute Gasteiger partial charge is 0.413 e. The monoisotopic (exact) mass is 798 g/mol. The second kappa shape index (κ2) is 14.9. The van der Waals surface area contributed by atoms with Crippen molar-refractivity contribution in [2.24, 2.45) is 22.7 Å². The van der Waals surface area contributed by atoms with Crippen LogP contribution in [0.5, 0.6) is 0 Å². The summed E-state index contributed by atoms with van der Waals surface area (Å²) in [7, 11) is -5.40. The third kappa shape index (κ3) is 8.54. The van der Waals surface area contributed by atoms with Gasteiger partial charge in [0.25, 0.3) is 0 Å². The molecule has 54 heavy (non-hydrogen) atoms. The molecule has 1 aromatic carbocycles. The van der Waals surface area contributed by atoms with Crippen molar-refractivity contribution in [1.29, 1.82) is 0 Å². The van der Waals surface area contributed by atoms with Crippen LogP contribution in [0.25, 0.3) is 10.9 Å². The molecule has 1 aliphatic heterocycles. The summed E-state index contributed by atoms with van der Waals surface area (Å²) in [5, 5.41) is 1.43. The van der Waals surface area contributed by atoms with Crippen molar-refractivity contribution in [2.45, 2.75) is 200 Å². The molecule has 9 heteroatoms. The van der Waals surface area contributed by atoms with Crippen LogP contribution in [0.4, 0.5) is 0 Å². The molecule has 0 amide bonds. The number of Topliss-reactive ketones (excluding diaryl/α,β-unsaturated/α-hetero) is 1. The molecule has 5 rings (SSSR count). The number of ketones is 1. The number of benzene rings is 1. The van der Waals surface area contributed by atoms with Gasteiger partial charge in [-0.05, 0) is 106 Å². The van der Waals surface area contributed by atoms with Gasteiger partial charge in [-0.25, -0.2) is 0 Å². The Morgan fingerprint density at radius 1 is 0.870 bits per heavy atom. The lowest BCUT2D eigenvalue weighted by atomic mass is 9.46. The zero-order chi connectivity index (χ0) is 40.5. The number of carbonyl (C=O) groups is 1. The molecule has 7 atom stereocenters. The highest BCUT2D eigenvalue weighted by molar-refractivity contribution is 6.76. The van der Waals surface area contributed by atoms with E-state index in [9.17, 15) is 0 Å². The molecule has 6 nitrogen and oxygen atoms in total. The maximum atomic E-state index is 15.1. The predicted molar refractivity (Wildman–Crippen MR) is 234 cm³/mol. The normalized spacial score (nSPS) is 30.4. The van der Waals surface area contributed by atoms with Gasteiger partial charge in [0.15, 0.2) is 16.6 Å². The summed E-state index contributed by atoms with van der Waals surface area (Å²) < 4.78 is 30.6. The number of hydrogen-bond acceptors (Lipinski definition) is 5. The maximum Gasteiger partial charge on any atom is 0.192 e. The Labute approximate surface area is 333 Å². The minimum Gasteiger partial charge on any atom is -0.413 e. The van der Waals surface area contributed by atoms with Gasteiger partial charge in [-0.1, -0.05) is 93.2 Å². The Morgan fingerprint density at radius 3 is 2.11 bits per heavy atom. The molecule has 3 aliphatic rings. The summed E-state index contributed by atoms with van der Waals surface area (Å²) in [5.41, 5.74) is 1.33. The van der Waals surface area contributed by atoms with E-state index in [4.69, 9.17) is 18.3 Å². The van der Waals surface area contributed by atoms with Crippen molar-refractivity contribution >= 4 is 41.4 Å². The standard InChI is InChI=1S/C45H79NO5Si3/c1-41(2,3)53(14,15)50-39-29-38(43(7,8)51-54(16,17)42(4,5)6)49-37-24-25-44(9)36(45(37,39)10)23-22-32(40(44)47)28-33-30-46(31-48-26-27-52(11,12)13)35-21-19-18-20-34(33)35/h18-21,30,32,36-39H,22-29,31H2,1-17H3/t32-,36+,37-,38-,39+,44-,45-/m0/s1. The van der Waals surface area contributed by atoms with E-state index in [1.807, 2.05) is 0 Å². The molecule has 2 saturated carbocycles. The molecule has 306 valence electrons. The van der Waals surface area contributed by atoms with Crippen LogP contribution in [0.1, 0.15) is 107 Å². The predicted octanol–water partition coefficient (Wildman–Crippen LogP) is 12.2. The van der Waals surface area contributed by atoms with Gasteiger partial charge in [0.1, 0.15) is 12.5 Å². The van der Waals surface area contributed by atoms with Crippen LogP contribution in [0.15, 0.2) is 30.5 Å². The molecule has 2 aromatic rings. The average molecular weight is 798 g/mol. The van der Waals surface area contributed by atoms with Gasteiger partial charge < -0.3 is 22.9 Å². The highest BCUT2D eigenvalue weighted by Gasteiger charge is 2.66. The summed E-state index contributed by atoms with van der Waals surface area (Å²) in [6.07, 6.45) is 7.46. The van der Waals surface area contributed by atoms with Crippen molar-refractivity contribution in [3.8, 4) is 0 Å². The minimum atomic E-state index is -2.17. The average Bonchev–Trinajstić information content (AvgIpc) is 3.36. The summed E-state index contributed by atoms with van der Waals surface area (Å²) >= 11 is 0. The molecule has 0 bridgehead atoms. The first kappa shape index (κ1) is 44.0. The highest BCUT2D eigenvalue weighted by atomic mass is 28.4. The Morgan fingerprint density at radius 2 is 1.50 bits per heavy atom. The Kier molecular flexibility index (Phi) is 12.2. The molecule has 0 unspecified atom stereocenters. The van der Waals surface area contributed by atoms with Crippen molar-refractivity contribution in [3.05, 3.63) is 36.0 Å². The molecule has 1 saturated heterocycles. The molecule has 0 radical (unpaired) electrons. The maximum absolute atomic E-state index is 15.1. The molecule has 2 heterocycles. The third-order valence-corrected chi connectivity index (χ3v) is 26.1. The smallest absolute Gasteiger partial charge is 0.192 e. The summed E-state index contributed by atoms with van der Waals surface area (Å²) in [4.78, 5) is 15.1. The van der Waals surface area contributed by atoms with Gasteiger partial charge in [0.2, 0.25) is 0 Å². The lowest BCUT2D eigenvalue weighted by Gasteiger charge is -2.65. The first-order valence-corrected chi connectivity index (χ1v) is 30.8. The number of carbonyl (C=O) groups excluding carboxylic acids is 1. The fraction of sp³-hybridized carbons (Fsp3) is 0.800. The third-order valence-electron chi connectivity index (χ3n) is 15.2. The molecule has 2 aliphatic carbocycles. The van der Waals surface area contributed by atoms with E-state index < -0.39 is 35.7 Å². The lowest BCUT2D eigenvalue weighted by Crippen LogP contribution is -2.69. The lowest BCUT2D eigenvalue weighted by molar-refractivity contribution is -0.262. The fourth-order valence-electron chi connectivity index (χ4n) is 9.69. The van der Waals surface area contributed by atoms with Crippen LogP contribution >= 0.6 is 0 Å². The van der Waals surface area contributed by atoms with Gasteiger partial charge in [-0.3, -0.25) is 4.79 Å². The number of fused-ring (bicyclic) bond motifs is 4. The summed E-state index contributed by atoms with van der Waals surface area (Å²) in [6, 6.07) is 9.82. The number of rotatable bonds is 12. The summed E-state index contributed by atoms with van der Waals surface area (Å²) in [6.45, 7) is 41.3. The molecule has 1 aromatic heterocycles. The van der Waals surface area contributed by atoms with Crippen molar-refractivity contribution in [3.63, 3.8) is 0 Å². The number of para-hydroxylation sites is 1. The fourth-order valence-corrected chi connectivity index (χ4v) is 13.6. The zero-order valence-electron chi connectivity index (χ0n) is 37.6. The van der Waals surface area contributed by atoms with Crippen molar-refractivity contribution in [2.75, 3.05) is 6.61 Å². The van der Waals surface area contributed by atoms with E-state index in [1.165, 1.54) is 16.5 Å². The van der Waals surface area contributed by atoms with Gasteiger partial charge in [0.05, 0.1) is 29.4 Å². The summed E-state index contributed by atoms with van der Waals surface area (Å²) in [5.74, 6) is 0.664. The molecule has 0 spiro atoms. The Hall–Kier alpha value is -1.08. The van der Waals surface area contributed by atoms with E-state index >= 15 is 4.79 Å². The van der Waals surface area contributed by atoms with Crippen LogP contribution in [-0.2, 0) is 36.3 Å². The van der Waals surface area contributed by atoms with Crippen LogP contribution in [0.2, 0.25) is 61.9 Å². The quantitative estimate of drug-likeness (QED) is 0.158. The second-order valence-electron chi connectivity index (χ2n) is 22.9. The van der Waals surface area contributed by atoms with Crippen molar-refractivity contribution < 1.29 is 23.1 Å². The molecule has 0 N–H and O–H groups in total. The van der Waals surface area contributed by atoms with Gasteiger partial charge in [-0.15, -0.1) is 0 Å². The van der Waals surface area contributed by atoms with Crippen LogP contribution in [-0.4, -0.2) is 65.6 Å². The van der Waals surface area contributed by atoms with E-state index in [0.717, 1.165) is 51.2 Å². The van der Waals surface area contributed by atoms with E-state index in [0.29, 0.717) is 12.5 Å². The van der Waals surface area contributed by atoms with E-state index in [2.05, 4.69) is 150 Å².